The zero-order valence-corrected chi connectivity index (χ0v) is 17.9. The molecule has 0 saturated carbocycles. The number of rotatable bonds is 6. The highest BCUT2D eigenvalue weighted by Gasteiger charge is 2.44. The van der Waals surface area contributed by atoms with Crippen LogP contribution in [0.3, 0.4) is 0 Å². The molecule has 0 atom stereocenters. The molecule has 2 aromatic carbocycles. The number of anilines is 2. The van der Waals surface area contributed by atoms with Crippen LogP contribution in [0.15, 0.2) is 61.1 Å². The van der Waals surface area contributed by atoms with E-state index in [4.69, 9.17) is 0 Å². The lowest BCUT2D eigenvalue weighted by Crippen LogP contribution is -2.33. The van der Waals surface area contributed by atoms with Gasteiger partial charge in [-0.05, 0) is 30.3 Å². The molecule has 37 heavy (non-hydrogen) atoms. The quantitative estimate of drug-likeness (QED) is 0.260. The second kappa shape index (κ2) is 9.12. The Hall–Kier alpha value is -4.04. The summed E-state index contributed by atoms with van der Waals surface area (Å²) < 4.78 is 136. The van der Waals surface area contributed by atoms with E-state index in [9.17, 15) is 43.9 Å². The van der Waals surface area contributed by atoms with E-state index in [-0.39, 0.29) is 28.9 Å². The zero-order valence-electron chi connectivity index (χ0n) is 17.9. The molecule has 4 aromatic rings. The van der Waals surface area contributed by atoms with Crippen molar-refractivity contribution >= 4 is 17.2 Å². The fourth-order valence-electron chi connectivity index (χ4n) is 3.23. The standard InChI is InChI=1S/C22H12F10N4O/c23-19(24)22(31,32)37-15-3-1-2-14(9-15)34-17-18-33-4-5-36(18)10-16(35-17)11-6-12(20(25,26)27)8-13(7-11)21(28,29)30/h1-10,19H,(H,34,35). The summed E-state index contributed by atoms with van der Waals surface area (Å²) in [5.41, 5.74) is -3.91. The van der Waals surface area contributed by atoms with Gasteiger partial charge in [0.1, 0.15) is 5.75 Å². The summed E-state index contributed by atoms with van der Waals surface area (Å²) in [6.07, 6.45) is -15.3. The summed E-state index contributed by atoms with van der Waals surface area (Å²) >= 11 is 0. The van der Waals surface area contributed by atoms with Crippen molar-refractivity contribution in [1.82, 2.24) is 14.4 Å². The first-order valence-corrected chi connectivity index (χ1v) is 9.99. The maximum atomic E-state index is 13.3. The molecule has 0 aliphatic rings. The van der Waals surface area contributed by atoms with Gasteiger partial charge in [0, 0.05) is 35.9 Å². The van der Waals surface area contributed by atoms with Crippen LogP contribution in [0, 0.1) is 0 Å². The van der Waals surface area contributed by atoms with E-state index in [0.717, 1.165) is 18.3 Å². The van der Waals surface area contributed by atoms with Crippen molar-refractivity contribution in [3.63, 3.8) is 0 Å². The van der Waals surface area contributed by atoms with E-state index in [1.54, 1.807) is 0 Å². The lowest BCUT2D eigenvalue weighted by Gasteiger charge is -2.17. The maximum absolute atomic E-state index is 13.3. The number of fused-ring (bicyclic) bond motifs is 1. The summed E-state index contributed by atoms with van der Waals surface area (Å²) in [6.45, 7) is 0. The van der Waals surface area contributed by atoms with E-state index >= 15 is 0 Å². The number of nitrogens with one attached hydrogen (secondary N) is 1. The molecule has 0 radical (unpaired) electrons. The van der Waals surface area contributed by atoms with Crippen LogP contribution in [0.4, 0.5) is 55.4 Å². The van der Waals surface area contributed by atoms with E-state index in [1.165, 1.54) is 28.9 Å². The van der Waals surface area contributed by atoms with Gasteiger partial charge >= 0.3 is 24.9 Å². The molecule has 196 valence electrons. The van der Waals surface area contributed by atoms with Crippen molar-refractivity contribution in [2.24, 2.45) is 0 Å². The van der Waals surface area contributed by atoms with Crippen LogP contribution >= 0.6 is 0 Å². The Bertz CT molecular complexity index is 1400. The maximum Gasteiger partial charge on any atom is 0.461 e. The first-order valence-electron chi connectivity index (χ1n) is 9.99. The molecule has 0 unspecified atom stereocenters. The number of ether oxygens (including phenoxy) is 1. The third kappa shape index (κ3) is 5.70. The molecule has 0 aliphatic carbocycles. The molecule has 4 rings (SSSR count). The smallest absolute Gasteiger partial charge is 0.428 e. The van der Waals surface area contributed by atoms with Gasteiger partial charge in [-0.25, -0.2) is 9.97 Å². The first-order chi connectivity index (χ1) is 17.1. The molecule has 5 nitrogen and oxygen atoms in total. The first kappa shape index (κ1) is 26.0. The zero-order chi connectivity index (χ0) is 27.2. The summed E-state index contributed by atoms with van der Waals surface area (Å²) in [5, 5.41) is 2.64. The predicted octanol–water partition coefficient (Wildman–Crippen LogP) is 7.41. The van der Waals surface area contributed by atoms with Gasteiger partial charge in [0.2, 0.25) is 0 Å². The third-order valence-corrected chi connectivity index (χ3v) is 4.86. The largest absolute Gasteiger partial charge is 0.461 e. The predicted molar refractivity (Wildman–Crippen MR) is 110 cm³/mol. The summed E-state index contributed by atoms with van der Waals surface area (Å²) in [4.78, 5) is 8.08. The third-order valence-electron chi connectivity index (χ3n) is 4.86. The Morgan fingerprint density at radius 1 is 0.865 bits per heavy atom. The van der Waals surface area contributed by atoms with Crippen LogP contribution in [-0.4, -0.2) is 26.9 Å². The van der Waals surface area contributed by atoms with Crippen molar-refractivity contribution in [3.8, 4) is 17.0 Å². The highest BCUT2D eigenvalue weighted by molar-refractivity contribution is 5.74. The second-order valence-electron chi connectivity index (χ2n) is 7.54. The fraction of sp³-hybridized carbons (Fsp3) is 0.182. The SMILES string of the molecule is FC(F)C(F)(F)Oc1cccc(Nc2nc(-c3cc(C(F)(F)F)cc(C(F)(F)F)c3)cn3ccnc23)c1. The summed E-state index contributed by atoms with van der Waals surface area (Å²) in [7, 11) is 0. The van der Waals surface area contributed by atoms with Crippen molar-refractivity contribution < 1.29 is 48.6 Å². The Balaban J connectivity index is 1.78. The fourth-order valence-corrected chi connectivity index (χ4v) is 3.23. The molecular formula is C22H12F10N4O. The highest BCUT2D eigenvalue weighted by atomic mass is 19.4. The van der Waals surface area contributed by atoms with Gasteiger partial charge in [-0.2, -0.15) is 43.9 Å². The molecule has 0 spiro atoms. The van der Waals surface area contributed by atoms with Gasteiger partial charge in [-0.3, -0.25) is 0 Å². The number of benzene rings is 2. The van der Waals surface area contributed by atoms with Crippen LogP contribution < -0.4 is 10.1 Å². The van der Waals surface area contributed by atoms with E-state index in [1.807, 2.05) is 0 Å². The Kier molecular flexibility index (Phi) is 6.42. The molecule has 15 heteroatoms. The van der Waals surface area contributed by atoms with Crippen molar-refractivity contribution in [3.05, 3.63) is 72.2 Å². The lowest BCUT2D eigenvalue weighted by atomic mass is 10.0. The van der Waals surface area contributed by atoms with Crippen LogP contribution in [0.2, 0.25) is 0 Å². The molecule has 0 amide bonds. The minimum absolute atomic E-state index is 0.0287. The van der Waals surface area contributed by atoms with Crippen LogP contribution in [0.5, 0.6) is 5.75 Å². The van der Waals surface area contributed by atoms with Gasteiger partial charge in [0.25, 0.3) is 0 Å². The highest BCUT2D eigenvalue weighted by Crippen LogP contribution is 2.39. The van der Waals surface area contributed by atoms with Crippen molar-refractivity contribution in [1.29, 1.82) is 0 Å². The number of imidazole rings is 1. The number of hydrogen-bond donors (Lipinski definition) is 1. The van der Waals surface area contributed by atoms with Gasteiger partial charge in [-0.1, -0.05) is 6.07 Å². The van der Waals surface area contributed by atoms with Gasteiger partial charge < -0.3 is 14.5 Å². The molecule has 0 bridgehead atoms. The van der Waals surface area contributed by atoms with E-state index in [0.29, 0.717) is 12.1 Å². The monoisotopic (exact) mass is 538 g/mol. The van der Waals surface area contributed by atoms with Gasteiger partial charge in [0.15, 0.2) is 11.5 Å². The average molecular weight is 538 g/mol. The van der Waals surface area contributed by atoms with E-state index in [2.05, 4.69) is 20.0 Å². The van der Waals surface area contributed by atoms with Crippen molar-refractivity contribution in [2.45, 2.75) is 24.9 Å². The van der Waals surface area contributed by atoms with Crippen molar-refractivity contribution in [2.75, 3.05) is 5.32 Å². The summed E-state index contributed by atoms with van der Waals surface area (Å²) in [5.74, 6) is -0.843. The number of aromatic nitrogens is 3. The lowest BCUT2D eigenvalue weighted by molar-refractivity contribution is -0.253. The average Bonchev–Trinajstić information content (AvgIpc) is 3.26. The number of halogens is 10. The van der Waals surface area contributed by atoms with Gasteiger partial charge in [-0.15, -0.1) is 0 Å². The Morgan fingerprint density at radius 2 is 1.51 bits per heavy atom. The molecule has 1 N–H and O–H groups in total. The summed E-state index contributed by atoms with van der Waals surface area (Å²) in [6, 6.07) is 5.31. The Labute approximate surface area is 200 Å². The van der Waals surface area contributed by atoms with E-state index < -0.39 is 47.3 Å². The van der Waals surface area contributed by atoms with Gasteiger partial charge in [0.05, 0.1) is 16.8 Å². The number of alkyl halides is 10. The normalized spacial score (nSPS) is 12.8. The number of nitrogens with zero attached hydrogens (tertiary/aromatic N) is 3. The molecule has 0 fully saturated rings. The number of hydrogen-bond acceptors (Lipinski definition) is 4. The molecule has 0 saturated heterocycles. The van der Waals surface area contributed by atoms with Crippen LogP contribution in [-0.2, 0) is 12.4 Å². The van der Waals surface area contributed by atoms with Crippen LogP contribution in [0.1, 0.15) is 11.1 Å². The topological polar surface area (TPSA) is 51.5 Å². The minimum atomic E-state index is -5.09. The second-order valence-corrected chi connectivity index (χ2v) is 7.54. The molecule has 2 aromatic heterocycles. The Morgan fingerprint density at radius 3 is 2.11 bits per heavy atom. The van der Waals surface area contributed by atoms with Crippen LogP contribution in [0.25, 0.3) is 16.9 Å². The molecule has 2 heterocycles. The molecule has 0 aliphatic heterocycles. The minimum Gasteiger partial charge on any atom is -0.428 e. The molecular weight excluding hydrogens is 526 g/mol.